The molecule has 0 aromatic rings. The topological polar surface area (TPSA) is 23.8 Å². The van der Waals surface area contributed by atoms with Gasteiger partial charge in [-0.25, -0.2) is 5.26 Å². The molecule has 0 N–H and O–H groups in total. The monoisotopic (exact) mass is 123 g/mol. The van der Waals surface area contributed by atoms with Crippen molar-refractivity contribution in [3.8, 4) is 5.97 Å². The molecule has 0 atom stereocenters. The molecule has 0 saturated heterocycles. The van der Waals surface area contributed by atoms with Gasteiger partial charge in [-0.2, -0.15) is 0 Å². The molecule has 0 aliphatic rings. The van der Waals surface area contributed by atoms with Crippen LogP contribution in [0, 0.1) is 11.2 Å². The Morgan fingerprint density at radius 3 is 2.00 bits per heavy atom. The van der Waals surface area contributed by atoms with Gasteiger partial charge in [-0.1, -0.05) is 0 Å². The summed E-state index contributed by atoms with van der Waals surface area (Å²) in [5, 5.41) is 7.10. The van der Waals surface area contributed by atoms with E-state index in [1.165, 1.54) is 5.97 Å². The molecule has 14 valence electrons. The maximum Gasteiger partial charge on any atom is 1.00 e. The van der Waals surface area contributed by atoms with Crippen molar-refractivity contribution in [2.75, 3.05) is 0 Å². The predicted octanol–water partition coefficient (Wildman–Crippen LogP) is -3.25. The van der Waals surface area contributed by atoms with Gasteiger partial charge in [0.25, 0.3) is 0 Å². The molecule has 0 rings (SSSR count). The average molecular weight is 123 g/mol. The van der Waals surface area contributed by atoms with Gasteiger partial charge in [-0.15, -0.1) is 0 Å². The summed E-state index contributed by atoms with van der Waals surface area (Å²) in [6, 6.07) is 0. The molecule has 0 saturated carbocycles. The van der Waals surface area contributed by atoms with Crippen LogP contribution in [0.2, 0.25) is 0 Å². The summed E-state index contributed by atoms with van der Waals surface area (Å²) in [6.07, 6.45) is 0. The summed E-state index contributed by atoms with van der Waals surface area (Å²) < 4.78 is 0. The van der Waals surface area contributed by atoms with Crippen molar-refractivity contribution < 1.29 is 59.6 Å². The molecule has 4 heavy (non-hydrogen) atoms. The normalized spacial score (nSPS) is 1.75. The van der Waals surface area contributed by atoms with Gasteiger partial charge < -0.3 is 1.43 Å². The predicted molar refractivity (Wildman–Crippen MR) is 12.5 cm³/mol. The van der Waals surface area contributed by atoms with Gasteiger partial charge >= 0.3 is 58.2 Å². The minimum Gasteiger partial charge on any atom is -1.00 e. The van der Waals surface area contributed by atoms with Crippen LogP contribution in [0.15, 0.2) is 0 Å². The molecule has 0 aromatic carbocycles. The molecule has 0 aliphatic heterocycles. The molecular formula is CHBNRb. The van der Waals surface area contributed by atoms with Crippen LogP contribution >= 0.6 is 0 Å². The Hall–Kier alpha value is 1.36. The van der Waals surface area contributed by atoms with Gasteiger partial charge in [0.1, 0.15) is 0 Å². The first-order valence-electron chi connectivity index (χ1n) is 0.512. The Labute approximate surface area is 77.1 Å². The number of nitrogens with zero attached hydrogens (tertiary/aromatic N) is 1. The van der Waals surface area contributed by atoms with Crippen molar-refractivity contribution >= 4 is 7.85 Å². The fourth-order valence-corrected chi connectivity index (χ4v) is 0. The number of rotatable bonds is 0. The van der Waals surface area contributed by atoms with E-state index in [4.69, 9.17) is 5.26 Å². The molecule has 0 aromatic heterocycles. The number of hydrogen-bond acceptors (Lipinski definition) is 1. The molecule has 0 aliphatic carbocycles. The molecule has 0 unspecified atom stereocenters. The molecule has 0 heterocycles. The quantitative estimate of drug-likeness (QED) is 0.311. The van der Waals surface area contributed by atoms with Crippen LogP contribution in [0.5, 0.6) is 0 Å². The van der Waals surface area contributed by atoms with E-state index in [9.17, 15) is 0 Å². The maximum atomic E-state index is 7.10. The summed E-state index contributed by atoms with van der Waals surface area (Å²) in [5.41, 5.74) is 0. The Bertz CT molecular complexity index is 33.1. The van der Waals surface area contributed by atoms with E-state index in [1.54, 1.807) is 0 Å². The Morgan fingerprint density at radius 2 is 2.00 bits per heavy atom. The summed E-state index contributed by atoms with van der Waals surface area (Å²) in [5.74, 6) is 1.25. The zero-order valence-corrected chi connectivity index (χ0v) is 7.44. The molecular weight excluding hydrogens is 122 g/mol. The second-order valence-corrected chi connectivity index (χ2v) is 0.129. The van der Waals surface area contributed by atoms with Gasteiger partial charge in [0.05, 0.1) is 0 Å². The van der Waals surface area contributed by atoms with Gasteiger partial charge in [0.15, 0.2) is 0 Å². The third kappa shape index (κ3) is 10.1. The summed E-state index contributed by atoms with van der Waals surface area (Å²) >= 11 is 0. The van der Waals surface area contributed by atoms with Gasteiger partial charge in [-0.3, -0.25) is 0 Å². The maximum absolute atomic E-state index is 7.10. The van der Waals surface area contributed by atoms with Crippen LogP contribution in [0.3, 0.4) is 0 Å². The zero-order chi connectivity index (χ0) is 2.71. The molecule has 1 nitrogen and oxygen atoms in total. The van der Waals surface area contributed by atoms with E-state index in [-0.39, 0.29) is 59.6 Å². The largest absolute Gasteiger partial charge is 1.00 e. The smallest absolute Gasteiger partial charge is 1.00 e. The van der Waals surface area contributed by atoms with Crippen LogP contribution in [0.4, 0.5) is 0 Å². The average Bonchev–Trinajstić information content (AvgIpc) is 0.918. The van der Waals surface area contributed by atoms with E-state index in [0.29, 0.717) is 0 Å². The minimum atomic E-state index is 0. The van der Waals surface area contributed by atoms with E-state index in [0.717, 1.165) is 0 Å². The molecule has 3 heteroatoms. The molecule has 0 spiro atoms. The summed E-state index contributed by atoms with van der Waals surface area (Å²) in [6.45, 7) is 0. The molecule has 0 bridgehead atoms. The van der Waals surface area contributed by atoms with E-state index < -0.39 is 0 Å². The van der Waals surface area contributed by atoms with E-state index in [1.807, 2.05) is 0 Å². The van der Waals surface area contributed by atoms with Crippen molar-refractivity contribution in [3.05, 3.63) is 0 Å². The summed E-state index contributed by atoms with van der Waals surface area (Å²) in [4.78, 5) is 0. The van der Waals surface area contributed by atoms with Crippen molar-refractivity contribution in [3.63, 3.8) is 0 Å². The van der Waals surface area contributed by atoms with Crippen LogP contribution in [-0.2, 0) is 0 Å². The third-order valence-corrected chi connectivity index (χ3v) is 0. The van der Waals surface area contributed by atoms with Crippen LogP contribution in [-0.4, -0.2) is 7.85 Å². The fourth-order valence-electron chi connectivity index (χ4n) is 0. The van der Waals surface area contributed by atoms with Crippen LogP contribution in [0.1, 0.15) is 1.43 Å². The molecule has 2 radical (unpaired) electrons. The fraction of sp³-hybridized carbons (Fsp3) is 0. The van der Waals surface area contributed by atoms with Crippen LogP contribution < -0.4 is 58.2 Å². The van der Waals surface area contributed by atoms with Gasteiger partial charge in [0.2, 0.25) is 7.85 Å². The summed E-state index contributed by atoms with van der Waals surface area (Å²) in [7, 11) is 4.15. The first-order chi connectivity index (χ1) is 1.41. The number of hydrogen-bond donors (Lipinski definition) is 0. The van der Waals surface area contributed by atoms with Crippen molar-refractivity contribution in [2.24, 2.45) is 0 Å². The Kier molecular flexibility index (Phi) is 19.9. The zero-order valence-electron chi connectivity index (χ0n) is 3.52. The standard InChI is InChI=1S/CBN.Rb.H/c2-1-3;;/q;+1;-1. The van der Waals surface area contributed by atoms with Crippen molar-refractivity contribution in [1.29, 1.82) is 5.26 Å². The minimum absolute atomic E-state index is 0. The van der Waals surface area contributed by atoms with Crippen LogP contribution in [0.25, 0.3) is 0 Å². The van der Waals surface area contributed by atoms with Crippen molar-refractivity contribution in [2.45, 2.75) is 0 Å². The second kappa shape index (κ2) is 8.84. The Morgan fingerprint density at radius 1 is 2.00 bits per heavy atom. The SMILES string of the molecule is [B]C#N.[H-].[Rb+]. The van der Waals surface area contributed by atoms with Gasteiger partial charge in [-0.05, 0) is 5.97 Å². The third-order valence-electron chi connectivity index (χ3n) is 0. The van der Waals surface area contributed by atoms with E-state index >= 15 is 0 Å². The first kappa shape index (κ1) is 9.03. The van der Waals surface area contributed by atoms with Crippen molar-refractivity contribution in [1.82, 2.24) is 0 Å². The molecule has 0 amide bonds. The van der Waals surface area contributed by atoms with Gasteiger partial charge in [0, 0.05) is 0 Å². The first-order valence-corrected chi connectivity index (χ1v) is 0.512. The molecule has 0 fully saturated rings. The Balaban J connectivity index is -0.0000000200. The number of nitriles is 1. The van der Waals surface area contributed by atoms with E-state index in [2.05, 4.69) is 7.85 Å². The second-order valence-electron chi connectivity index (χ2n) is 0.129.